The van der Waals surface area contributed by atoms with Crippen LogP contribution in [-0.2, 0) is 0 Å². The van der Waals surface area contributed by atoms with E-state index in [2.05, 4.69) is 4.98 Å². The highest BCUT2D eigenvalue weighted by atomic mass is 16.2. The molecule has 0 amide bonds. The lowest BCUT2D eigenvalue weighted by molar-refractivity contribution is 0.455. The Labute approximate surface area is 92.3 Å². The highest BCUT2D eigenvalue weighted by Gasteiger charge is 2.24. The predicted octanol–water partition coefficient (Wildman–Crippen LogP) is 0.769. The standard InChI is InChI=1S/C11H13N3O2/c1-7(4-8-2-3-8)14-6-9(5-12)10(15)13-11(14)16/h6-8H,2-4H2,1H3,(H,13,15,16). The number of hydrogen-bond donors (Lipinski definition) is 1. The second-order valence-electron chi connectivity index (χ2n) is 4.35. The maximum atomic E-state index is 11.5. The smallest absolute Gasteiger partial charge is 0.296 e. The Kier molecular flexibility index (Phi) is 2.65. The van der Waals surface area contributed by atoms with E-state index in [1.165, 1.54) is 23.6 Å². The molecule has 5 heteroatoms. The fraction of sp³-hybridized carbons (Fsp3) is 0.545. The van der Waals surface area contributed by atoms with E-state index in [0.717, 1.165) is 6.42 Å². The lowest BCUT2D eigenvalue weighted by Gasteiger charge is -2.13. The summed E-state index contributed by atoms with van der Waals surface area (Å²) in [6.45, 7) is 1.93. The molecule has 84 valence electrons. The fourth-order valence-corrected chi connectivity index (χ4v) is 1.84. The average molecular weight is 219 g/mol. The van der Waals surface area contributed by atoms with Crippen LogP contribution >= 0.6 is 0 Å². The summed E-state index contributed by atoms with van der Waals surface area (Å²) in [4.78, 5) is 24.9. The number of hydrogen-bond acceptors (Lipinski definition) is 3. The van der Waals surface area contributed by atoms with Gasteiger partial charge in [-0.1, -0.05) is 12.8 Å². The molecule has 0 radical (unpaired) electrons. The van der Waals surface area contributed by atoms with Crippen molar-refractivity contribution in [2.75, 3.05) is 0 Å². The van der Waals surface area contributed by atoms with Gasteiger partial charge in [-0.05, 0) is 19.3 Å². The Morgan fingerprint density at radius 3 is 2.88 bits per heavy atom. The number of nitrogens with zero attached hydrogens (tertiary/aromatic N) is 2. The zero-order valence-electron chi connectivity index (χ0n) is 9.06. The maximum absolute atomic E-state index is 11.5. The van der Waals surface area contributed by atoms with Gasteiger partial charge in [0.05, 0.1) is 0 Å². The van der Waals surface area contributed by atoms with Gasteiger partial charge in [-0.3, -0.25) is 14.3 Å². The zero-order chi connectivity index (χ0) is 11.7. The molecule has 16 heavy (non-hydrogen) atoms. The molecular weight excluding hydrogens is 206 g/mol. The second-order valence-corrected chi connectivity index (χ2v) is 4.35. The first-order valence-corrected chi connectivity index (χ1v) is 5.37. The van der Waals surface area contributed by atoms with Crippen molar-refractivity contribution < 1.29 is 0 Å². The molecule has 1 heterocycles. The minimum atomic E-state index is -0.609. The molecule has 0 bridgehead atoms. The van der Waals surface area contributed by atoms with Gasteiger partial charge in [0.1, 0.15) is 11.6 Å². The highest BCUT2D eigenvalue weighted by Crippen LogP contribution is 2.36. The molecule has 1 unspecified atom stereocenters. The van der Waals surface area contributed by atoms with E-state index >= 15 is 0 Å². The molecule has 1 saturated carbocycles. The third kappa shape index (κ3) is 2.06. The van der Waals surface area contributed by atoms with Gasteiger partial charge in [0.15, 0.2) is 0 Å². The third-order valence-corrected chi connectivity index (χ3v) is 2.93. The SMILES string of the molecule is CC(CC1CC1)n1cc(C#N)c(=O)[nH]c1=O. The van der Waals surface area contributed by atoms with E-state index < -0.39 is 11.2 Å². The van der Waals surface area contributed by atoms with Gasteiger partial charge in [0, 0.05) is 12.2 Å². The largest absolute Gasteiger partial charge is 0.328 e. The number of nitriles is 1. The molecule has 1 atom stereocenters. The molecule has 2 rings (SSSR count). The topological polar surface area (TPSA) is 78.7 Å². The van der Waals surface area contributed by atoms with Crippen LogP contribution in [0.2, 0.25) is 0 Å². The van der Waals surface area contributed by atoms with E-state index in [1.54, 1.807) is 6.07 Å². The Hall–Kier alpha value is -1.83. The van der Waals surface area contributed by atoms with Crippen LogP contribution in [0.1, 0.15) is 37.8 Å². The van der Waals surface area contributed by atoms with E-state index in [0.29, 0.717) is 5.92 Å². The van der Waals surface area contributed by atoms with Crippen LogP contribution in [0.15, 0.2) is 15.8 Å². The summed E-state index contributed by atoms with van der Waals surface area (Å²) in [6.07, 6.45) is 4.71. The molecule has 5 nitrogen and oxygen atoms in total. The number of aromatic amines is 1. The van der Waals surface area contributed by atoms with Crippen LogP contribution in [0.25, 0.3) is 0 Å². The zero-order valence-corrected chi connectivity index (χ0v) is 9.06. The van der Waals surface area contributed by atoms with Gasteiger partial charge < -0.3 is 0 Å². The predicted molar refractivity (Wildman–Crippen MR) is 58.1 cm³/mol. The van der Waals surface area contributed by atoms with Gasteiger partial charge in [-0.15, -0.1) is 0 Å². The van der Waals surface area contributed by atoms with Crippen molar-refractivity contribution in [3.63, 3.8) is 0 Å². The van der Waals surface area contributed by atoms with Gasteiger partial charge >= 0.3 is 5.69 Å². The Bertz CT molecular complexity index is 546. The highest BCUT2D eigenvalue weighted by molar-refractivity contribution is 5.21. The van der Waals surface area contributed by atoms with Crippen molar-refractivity contribution in [1.82, 2.24) is 9.55 Å². The summed E-state index contributed by atoms with van der Waals surface area (Å²) in [5, 5.41) is 8.72. The molecule has 0 spiro atoms. The molecule has 1 aromatic heterocycles. The molecule has 1 aliphatic carbocycles. The van der Waals surface area contributed by atoms with Crippen molar-refractivity contribution in [2.24, 2.45) is 5.92 Å². The molecule has 1 aliphatic rings. The van der Waals surface area contributed by atoms with Crippen LogP contribution in [0, 0.1) is 17.2 Å². The number of rotatable bonds is 3. The Morgan fingerprint density at radius 1 is 1.62 bits per heavy atom. The van der Waals surface area contributed by atoms with Crippen molar-refractivity contribution in [3.05, 3.63) is 32.6 Å². The monoisotopic (exact) mass is 219 g/mol. The van der Waals surface area contributed by atoms with Crippen LogP contribution in [-0.4, -0.2) is 9.55 Å². The van der Waals surface area contributed by atoms with E-state index in [-0.39, 0.29) is 11.6 Å². The summed E-state index contributed by atoms with van der Waals surface area (Å²) in [5.41, 5.74) is -1.05. The van der Waals surface area contributed by atoms with Gasteiger partial charge in [0.25, 0.3) is 5.56 Å². The van der Waals surface area contributed by atoms with E-state index in [1.807, 2.05) is 6.92 Å². The first kappa shape index (κ1) is 10.7. The maximum Gasteiger partial charge on any atom is 0.328 e. The molecule has 0 aliphatic heterocycles. The van der Waals surface area contributed by atoms with Crippen LogP contribution in [0.3, 0.4) is 0 Å². The minimum Gasteiger partial charge on any atom is -0.296 e. The van der Waals surface area contributed by atoms with E-state index in [9.17, 15) is 9.59 Å². The summed E-state index contributed by atoms with van der Waals surface area (Å²) in [6, 6.07) is 1.81. The van der Waals surface area contributed by atoms with E-state index in [4.69, 9.17) is 5.26 Å². The van der Waals surface area contributed by atoms with Crippen LogP contribution in [0.4, 0.5) is 0 Å². The van der Waals surface area contributed by atoms with Gasteiger partial charge in [0.2, 0.25) is 0 Å². The van der Waals surface area contributed by atoms with Crippen LogP contribution < -0.4 is 11.2 Å². The third-order valence-electron chi connectivity index (χ3n) is 2.93. The Balaban J connectivity index is 2.35. The lowest BCUT2D eigenvalue weighted by atomic mass is 10.1. The van der Waals surface area contributed by atoms with Crippen molar-refractivity contribution in [3.8, 4) is 6.07 Å². The lowest BCUT2D eigenvalue weighted by Crippen LogP contribution is -2.32. The quantitative estimate of drug-likeness (QED) is 0.815. The molecule has 0 aromatic carbocycles. The number of aromatic nitrogens is 2. The minimum absolute atomic E-state index is 0.0118. The molecular formula is C11H13N3O2. The van der Waals surface area contributed by atoms with Crippen molar-refractivity contribution in [2.45, 2.75) is 32.2 Å². The first-order valence-electron chi connectivity index (χ1n) is 5.37. The fourth-order valence-electron chi connectivity index (χ4n) is 1.84. The molecule has 1 N–H and O–H groups in total. The van der Waals surface area contributed by atoms with Gasteiger partial charge in [-0.25, -0.2) is 4.79 Å². The van der Waals surface area contributed by atoms with Crippen LogP contribution in [0.5, 0.6) is 0 Å². The average Bonchev–Trinajstić information content (AvgIpc) is 3.01. The second kappa shape index (κ2) is 3.97. The summed E-state index contributed by atoms with van der Waals surface area (Å²) in [5.74, 6) is 0.694. The normalized spacial score (nSPS) is 16.8. The number of H-pyrrole nitrogens is 1. The summed E-state index contributed by atoms with van der Waals surface area (Å²) in [7, 11) is 0. The summed E-state index contributed by atoms with van der Waals surface area (Å²) < 4.78 is 1.44. The molecule has 0 saturated heterocycles. The van der Waals surface area contributed by atoms with Gasteiger partial charge in [-0.2, -0.15) is 5.26 Å². The first-order chi connectivity index (χ1) is 7.61. The van der Waals surface area contributed by atoms with Crippen molar-refractivity contribution >= 4 is 0 Å². The number of nitrogens with one attached hydrogen (secondary N) is 1. The Morgan fingerprint density at radius 2 is 2.31 bits per heavy atom. The molecule has 1 aromatic rings. The summed E-state index contributed by atoms with van der Waals surface area (Å²) >= 11 is 0. The van der Waals surface area contributed by atoms with Crippen molar-refractivity contribution in [1.29, 1.82) is 5.26 Å². The molecule has 1 fully saturated rings.